The average molecular weight is 527 g/mol. The number of hydrogen-bond donors (Lipinski definition) is 2. The fourth-order valence-corrected chi connectivity index (χ4v) is 4.93. The lowest BCUT2D eigenvalue weighted by atomic mass is 10.1. The molecule has 2 amide bonds. The van der Waals surface area contributed by atoms with Crippen molar-refractivity contribution in [2.24, 2.45) is 5.10 Å². The molecular formula is C27H34N4O5S. The van der Waals surface area contributed by atoms with Gasteiger partial charge in [0, 0.05) is 30.1 Å². The lowest BCUT2D eigenvalue weighted by Crippen LogP contribution is -2.40. The molecule has 0 spiro atoms. The number of aliphatic hydroxyl groups is 1. The zero-order chi connectivity index (χ0) is 26.2. The topological polar surface area (TPSA) is 104 Å². The van der Waals surface area contributed by atoms with Gasteiger partial charge in [0.15, 0.2) is 11.5 Å². The number of nitrogens with zero attached hydrogens (tertiary/aromatic N) is 3. The van der Waals surface area contributed by atoms with E-state index in [1.54, 1.807) is 7.11 Å². The molecule has 9 nitrogen and oxygen atoms in total. The van der Waals surface area contributed by atoms with Crippen LogP contribution in [0.3, 0.4) is 0 Å². The summed E-state index contributed by atoms with van der Waals surface area (Å²) in [4.78, 5) is 27.0. The van der Waals surface area contributed by atoms with Gasteiger partial charge in [-0.1, -0.05) is 30.8 Å². The van der Waals surface area contributed by atoms with E-state index in [0.717, 1.165) is 36.3 Å². The van der Waals surface area contributed by atoms with Crippen LogP contribution in [0.1, 0.15) is 37.3 Å². The van der Waals surface area contributed by atoms with Gasteiger partial charge in [0.1, 0.15) is 0 Å². The Kier molecular flexibility index (Phi) is 9.43. The zero-order valence-electron chi connectivity index (χ0n) is 21.3. The Labute approximate surface area is 221 Å². The highest BCUT2D eigenvalue weighted by atomic mass is 32.2. The molecule has 2 N–H and O–H groups in total. The summed E-state index contributed by atoms with van der Waals surface area (Å²) in [5.74, 6) is 1.72. The standard InChI is InChI=1S/C27H34N4O5S/c1-3-14-36-25-15-20(6-9-24(25)35-2)23-18-37-27(34)31(29-23)16-19-4-7-21(8-5-19)28-26(33)17-30-12-10-22(32)11-13-30/h4-9,15,22,32H,3,10-14,16-18H2,1-2H3,(H,28,33). The molecule has 0 unspecified atom stereocenters. The van der Waals surface area contributed by atoms with Crippen LogP contribution in [-0.2, 0) is 11.3 Å². The van der Waals surface area contributed by atoms with Gasteiger partial charge in [-0.25, -0.2) is 5.01 Å². The summed E-state index contributed by atoms with van der Waals surface area (Å²) in [7, 11) is 1.61. The highest BCUT2D eigenvalue weighted by Crippen LogP contribution is 2.30. The maximum Gasteiger partial charge on any atom is 0.302 e. The van der Waals surface area contributed by atoms with Crippen molar-refractivity contribution in [3.63, 3.8) is 0 Å². The molecule has 2 heterocycles. The molecule has 37 heavy (non-hydrogen) atoms. The zero-order valence-corrected chi connectivity index (χ0v) is 22.1. The van der Waals surface area contributed by atoms with Crippen molar-refractivity contribution in [3.8, 4) is 11.5 Å². The SMILES string of the molecule is CCCOc1cc(C2=NN(Cc3ccc(NC(=O)CN4CCC(O)CC4)cc3)C(=O)SC2)ccc1OC. The number of rotatable bonds is 10. The van der Waals surface area contributed by atoms with E-state index < -0.39 is 0 Å². The molecule has 2 aromatic carbocycles. The van der Waals surface area contributed by atoms with Crippen molar-refractivity contribution in [2.75, 3.05) is 44.4 Å². The van der Waals surface area contributed by atoms with Crippen LogP contribution in [0.5, 0.6) is 11.5 Å². The number of anilines is 1. The molecule has 0 bridgehead atoms. The summed E-state index contributed by atoms with van der Waals surface area (Å²) in [6.07, 6.45) is 2.03. The third kappa shape index (κ3) is 7.47. The van der Waals surface area contributed by atoms with Crippen LogP contribution in [0.4, 0.5) is 10.5 Å². The van der Waals surface area contributed by atoms with E-state index in [1.165, 1.54) is 16.8 Å². The quantitative estimate of drug-likeness (QED) is 0.483. The minimum absolute atomic E-state index is 0.0808. The fourth-order valence-electron chi connectivity index (χ4n) is 4.19. The maximum absolute atomic E-state index is 12.6. The van der Waals surface area contributed by atoms with E-state index in [9.17, 15) is 14.7 Å². The van der Waals surface area contributed by atoms with Crippen molar-refractivity contribution in [1.29, 1.82) is 0 Å². The van der Waals surface area contributed by atoms with Gasteiger partial charge in [-0.05, 0) is 55.2 Å². The lowest BCUT2D eigenvalue weighted by Gasteiger charge is -2.28. The largest absolute Gasteiger partial charge is 0.493 e. The molecule has 1 fully saturated rings. The first-order chi connectivity index (χ1) is 17.9. The third-order valence-electron chi connectivity index (χ3n) is 6.24. The monoisotopic (exact) mass is 526 g/mol. The average Bonchev–Trinajstić information content (AvgIpc) is 2.91. The van der Waals surface area contributed by atoms with Gasteiger partial charge < -0.3 is 19.9 Å². The summed E-state index contributed by atoms with van der Waals surface area (Å²) < 4.78 is 11.2. The first-order valence-corrected chi connectivity index (χ1v) is 13.6. The Morgan fingerprint density at radius 1 is 1.16 bits per heavy atom. The molecule has 0 radical (unpaired) electrons. The van der Waals surface area contributed by atoms with Crippen molar-refractivity contribution in [1.82, 2.24) is 9.91 Å². The molecule has 0 saturated carbocycles. The van der Waals surface area contributed by atoms with E-state index in [1.807, 2.05) is 54.3 Å². The smallest absolute Gasteiger partial charge is 0.302 e. The number of ether oxygens (including phenoxy) is 2. The number of benzene rings is 2. The molecular weight excluding hydrogens is 492 g/mol. The Balaban J connectivity index is 1.38. The van der Waals surface area contributed by atoms with Gasteiger partial charge in [0.05, 0.1) is 38.6 Å². The van der Waals surface area contributed by atoms with Crippen LogP contribution < -0.4 is 14.8 Å². The third-order valence-corrected chi connectivity index (χ3v) is 7.11. The first kappa shape index (κ1) is 27.0. The predicted octanol–water partition coefficient (Wildman–Crippen LogP) is 3.95. The van der Waals surface area contributed by atoms with Crippen LogP contribution in [-0.4, -0.2) is 77.1 Å². The van der Waals surface area contributed by atoms with E-state index in [0.29, 0.717) is 55.5 Å². The molecule has 2 aliphatic heterocycles. The molecule has 0 atom stereocenters. The molecule has 198 valence electrons. The number of carbonyl (C=O) groups excluding carboxylic acids is 2. The molecule has 0 aromatic heterocycles. The van der Waals surface area contributed by atoms with Crippen LogP contribution in [0, 0.1) is 0 Å². The number of aliphatic hydroxyl groups excluding tert-OH is 1. The summed E-state index contributed by atoms with van der Waals surface area (Å²) in [5, 5.41) is 18.5. The second-order valence-electron chi connectivity index (χ2n) is 9.13. The summed E-state index contributed by atoms with van der Waals surface area (Å²) in [6.45, 7) is 4.72. The highest BCUT2D eigenvalue weighted by Gasteiger charge is 2.23. The van der Waals surface area contributed by atoms with Gasteiger partial charge in [-0.15, -0.1) is 0 Å². The lowest BCUT2D eigenvalue weighted by molar-refractivity contribution is -0.117. The van der Waals surface area contributed by atoms with E-state index in [-0.39, 0.29) is 17.3 Å². The van der Waals surface area contributed by atoms with Crippen LogP contribution >= 0.6 is 11.8 Å². The molecule has 0 aliphatic carbocycles. The normalized spacial score (nSPS) is 16.9. The number of hydrogen-bond acceptors (Lipinski definition) is 8. The minimum atomic E-state index is -0.258. The summed E-state index contributed by atoms with van der Waals surface area (Å²) >= 11 is 1.22. The van der Waals surface area contributed by atoms with Gasteiger partial charge in [-0.2, -0.15) is 5.10 Å². The van der Waals surface area contributed by atoms with Gasteiger partial charge >= 0.3 is 5.24 Å². The maximum atomic E-state index is 12.6. The van der Waals surface area contributed by atoms with Crippen LogP contribution in [0.25, 0.3) is 0 Å². The number of amides is 2. The van der Waals surface area contributed by atoms with Crippen molar-refractivity contribution in [2.45, 2.75) is 38.8 Å². The second kappa shape index (κ2) is 12.9. The van der Waals surface area contributed by atoms with Crippen molar-refractivity contribution < 1.29 is 24.2 Å². The number of piperidine rings is 1. The van der Waals surface area contributed by atoms with E-state index in [2.05, 4.69) is 10.4 Å². The van der Waals surface area contributed by atoms with E-state index in [4.69, 9.17) is 9.47 Å². The number of hydrazone groups is 1. The Morgan fingerprint density at radius 3 is 2.62 bits per heavy atom. The van der Waals surface area contributed by atoms with Crippen LogP contribution in [0.2, 0.25) is 0 Å². The summed E-state index contributed by atoms with van der Waals surface area (Å²) in [5.41, 5.74) is 3.29. The fraction of sp³-hybridized carbons (Fsp3) is 0.444. The van der Waals surface area contributed by atoms with Crippen molar-refractivity contribution >= 4 is 34.3 Å². The summed E-state index contributed by atoms with van der Waals surface area (Å²) in [6, 6.07) is 13.1. The number of methoxy groups -OCH3 is 1. The van der Waals surface area contributed by atoms with Crippen LogP contribution in [0.15, 0.2) is 47.6 Å². The van der Waals surface area contributed by atoms with Gasteiger partial charge in [0.25, 0.3) is 0 Å². The van der Waals surface area contributed by atoms with Crippen molar-refractivity contribution in [3.05, 3.63) is 53.6 Å². The predicted molar refractivity (Wildman–Crippen MR) is 145 cm³/mol. The molecule has 10 heteroatoms. The molecule has 1 saturated heterocycles. The highest BCUT2D eigenvalue weighted by molar-refractivity contribution is 8.14. The second-order valence-corrected chi connectivity index (χ2v) is 10.1. The Bertz CT molecular complexity index is 1120. The number of thioether (sulfide) groups is 1. The Hall–Kier alpha value is -3.08. The van der Waals surface area contributed by atoms with Gasteiger partial charge in [-0.3, -0.25) is 14.5 Å². The van der Waals surface area contributed by atoms with Gasteiger partial charge in [0.2, 0.25) is 5.91 Å². The Morgan fingerprint density at radius 2 is 1.92 bits per heavy atom. The number of carbonyl (C=O) groups is 2. The van der Waals surface area contributed by atoms with E-state index >= 15 is 0 Å². The minimum Gasteiger partial charge on any atom is -0.493 e. The first-order valence-electron chi connectivity index (χ1n) is 12.6. The number of likely N-dealkylation sites (tertiary alicyclic amines) is 1. The molecule has 4 rings (SSSR count). The molecule has 2 aromatic rings. The molecule has 2 aliphatic rings. The number of nitrogens with one attached hydrogen (secondary N) is 1.